The van der Waals surface area contributed by atoms with Crippen LogP contribution in [0.3, 0.4) is 0 Å². The molecular weight excluding hydrogens is 414 g/mol. The number of halogens is 2. The number of ether oxygens (including phenoxy) is 2. The predicted octanol–water partition coefficient (Wildman–Crippen LogP) is 5.43. The molecule has 2 heterocycles. The second-order valence-electron chi connectivity index (χ2n) is 7.78. The predicted molar refractivity (Wildman–Crippen MR) is 117 cm³/mol. The van der Waals surface area contributed by atoms with Crippen LogP contribution in [0.5, 0.6) is 11.5 Å². The zero-order valence-electron chi connectivity index (χ0n) is 17.2. The lowest BCUT2D eigenvalue weighted by Crippen LogP contribution is -2.12. The molecule has 164 valence electrons. The zero-order valence-corrected chi connectivity index (χ0v) is 17.2. The van der Waals surface area contributed by atoms with E-state index in [1.165, 1.54) is 12.5 Å². The Bertz CT molecular complexity index is 1250. The molecule has 1 fully saturated rings. The number of rotatable bonds is 7. The number of alkyl halides is 2. The molecule has 0 saturated heterocycles. The molecule has 0 unspecified atom stereocenters. The summed E-state index contributed by atoms with van der Waals surface area (Å²) >= 11 is 0. The molecule has 2 aromatic heterocycles. The molecule has 0 spiro atoms. The van der Waals surface area contributed by atoms with Gasteiger partial charge in [0.25, 0.3) is 0 Å². The van der Waals surface area contributed by atoms with Crippen LogP contribution in [0.2, 0.25) is 0 Å². The maximum absolute atomic E-state index is 12.7. The van der Waals surface area contributed by atoms with Crippen LogP contribution in [-0.4, -0.2) is 21.0 Å². The maximum Gasteiger partial charge on any atom is 0.387 e. The number of benzene rings is 2. The van der Waals surface area contributed by atoms with Crippen LogP contribution in [0, 0.1) is 0 Å². The van der Waals surface area contributed by atoms with Crippen molar-refractivity contribution in [2.24, 2.45) is 0 Å². The molecule has 1 saturated carbocycles. The standard InChI is InChI=1S/C24H22F2N4O2/c25-24(26)32-19-10-2-1-5-17(19)14-31-18-9-4-8-16(13-18)20-21-22(27)28-11-12-30(21)23(29-20)15-6-3-7-15/h1-2,4-5,8-13,15,24H,3,6-7,14H2,(H2,27,28). The van der Waals surface area contributed by atoms with Gasteiger partial charge < -0.3 is 15.2 Å². The third-order valence-corrected chi connectivity index (χ3v) is 5.77. The Morgan fingerprint density at radius 1 is 1.12 bits per heavy atom. The Labute approximate surface area is 183 Å². The van der Waals surface area contributed by atoms with Crippen LogP contribution >= 0.6 is 0 Å². The lowest BCUT2D eigenvalue weighted by molar-refractivity contribution is -0.0508. The van der Waals surface area contributed by atoms with E-state index in [1.807, 2.05) is 34.9 Å². The molecule has 0 atom stereocenters. The molecule has 0 amide bonds. The number of hydrogen-bond donors (Lipinski definition) is 1. The molecule has 0 bridgehead atoms. The lowest BCUT2D eigenvalue weighted by atomic mass is 9.85. The van der Waals surface area contributed by atoms with Crippen molar-refractivity contribution in [1.82, 2.24) is 14.4 Å². The molecule has 1 aliphatic rings. The highest BCUT2D eigenvalue weighted by atomic mass is 19.3. The van der Waals surface area contributed by atoms with Gasteiger partial charge in [-0.2, -0.15) is 8.78 Å². The van der Waals surface area contributed by atoms with Crippen molar-refractivity contribution >= 4 is 11.3 Å². The summed E-state index contributed by atoms with van der Waals surface area (Å²) in [7, 11) is 0. The van der Waals surface area contributed by atoms with E-state index in [0.29, 0.717) is 23.0 Å². The van der Waals surface area contributed by atoms with Gasteiger partial charge in [0.15, 0.2) is 0 Å². The maximum atomic E-state index is 12.7. The summed E-state index contributed by atoms with van der Waals surface area (Å²) in [5, 5.41) is 0. The van der Waals surface area contributed by atoms with E-state index in [2.05, 4.69) is 9.72 Å². The van der Waals surface area contributed by atoms with Crippen LogP contribution in [0.4, 0.5) is 14.6 Å². The van der Waals surface area contributed by atoms with Gasteiger partial charge in [0, 0.05) is 29.4 Å². The van der Waals surface area contributed by atoms with Crippen molar-refractivity contribution < 1.29 is 18.3 Å². The van der Waals surface area contributed by atoms with Crippen LogP contribution in [-0.2, 0) is 6.61 Å². The lowest BCUT2D eigenvalue weighted by Gasteiger charge is -2.23. The van der Waals surface area contributed by atoms with Crippen molar-refractivity contribution in [3.8, 4) is 22.8 Å². The number of nitrogens with two attached hydrogens (primary N) is 1. The van der Waals surface area contributed by atoms with E-state index in [0.717, 1.165) is 35.4 Å². The van der Waals surface area contributed by atoms with Crippen LogP contribution in [0.1, 0.15) is 36.6 Å². The molecule has 6 nitrogen and oxygen atoms in total. The number of hydrogen-bond acceptors (Lipinski definition) is 5. The average Bonchev–Trinajstić information content (AvgIpc) is 3.12. The minimum absolute atomic E-state index is 0.0906. The molecule has 4 aromatic rings. The Morgan fingerprint density at radius 3 is 2.75 bits per heavy atom. The highest BCUT2D eigenvalue weighted by Gasteiger charge is 2.27. The van der Waals surface area contributed by atoms with Crippen LogP contribution in [0.25, 0.3) is 16.8 Å². The van der Waals surface area contributed by atoms with Gasteiger partial charge in [0.05, 0.1) is 0 Å². The normalized spacial score (nSPS) is 14.0. The second-order valence-corrected chi connectivity index (χ2v) is 7.78. The summed E-state index contributed by atoms with van der Waals surface area (Å²) in [5.74, 6) is 2.53. The van der Waals surface area contributed by atoms with Crippen molar-refractivity contribution in [2.45, 2.75) is 38.4 Å². The number of nitrogen functional groups attached to an aromatic ring is 1. The second kappa shape index (κ2) is 8.45. The number of aromatic nitrogens is 3. The van der Waals surface area contributed by atoms with E-state index in [1.54, 1.807) is 24.4 Å². The SMILES string of the molecule is Nc1nccn2c(C3CCC3)nc(-c3cccc(OCc4ccccc4OC(F)F)c3)c12. The fourth-order valence-corrected chi connectivity index (χ4v) is 3.97. The summed E-state index contributed by atoms with van der Waals surface area (Å²) in [4.78, 5) is 9.18. The number of fused-ring (bicyclic) bond motifs is 1. The molecular formula is C24H22F2N4O2. The summed E-state index contributed by atoms with van der Waals surface area (Å²) in [6.07, 6.45) is 7.02. The first kappa shape index (κ1) is 20.2. The Kier molecular flexibility index (Phi) is 5.34. The Balaban J connectivity index is 1.45. The van der Waals surface area contributed by atoms with Crippen molar-refractivity contribution in [3.05, 3.63) is 72.3 Å². The molecule has 32 heavy (non-hydrogen) atoms. The van der Waals surface area contributed by atoms with E-state index in [9.17, 15) is 8.78 Å². The van der Waals surface area contributed by atoms with Crippen LogP contribution < -0.4 is 15.2 Å². The summed E-state index contributed by atoms with van der Waals surface area (Å²) in [6.45, 7) is -2.80. The topological polar surface area (TPSA) is 74.7 Å². The van der Waals surface area contributed by atoms with Gasteiger partial charge in [0.2, 0.25) is 0 Å². The number of nitrogens with zero attached hydrogens (tertiary/aromatic N) is 3. The number of imidazole rings is 1. The number of para-hydroxylation sites is 1. The van der Waals surface area contributed by atoms with Gasteiger partial charge in [-0.25, -0.2) is 9.97 Å². The zero-order chi connectivity index (χ0) is 22.1. The van der Waals surface area contributed by atoms with Gasteiger partial charge in [-0.3, -0.25) is 4.40 Å². The minimum atomic E-state index is -2.89. The molecule has 8 heteroatoms. The molecule has 1 aliphatic carbocycles. The summed E-state index contributed by atoms with van der Waals surface area (Å²) < 4.78 is 37.8. The van der Waals surface area contributed by atoms with Gasteiger partial charge in [-0.15, -0.1) is 0 Å². The highest BCUT2D eigenvalue weighted by molar-refractivity contribution is 5.85. The molecule has 2 N–H and O–H groups in total. The van der Waals surface area contributed by atoms with Crippen molar-refractivity contribution in [3.63, 3.8) is 0 Å². The summed E-state index contributed by atoms with van der Waals surface area (Å²) in [5.41, 5.74) is 9.14. The van der Waals surface area contributed by atoms with E-state index < -0.39 is 6.61 Å². The van der Waals surface area contributed by atoms with Gasteiger partial charge >= 0.3 is 6.61 Å². The van der Waals surface area contributed by atoms with E-state index in [-0.39, 0.29) is 12.4 Å². The molecule has 2 aromatic carbocycles. The first-order valence-electron chi connectivity index (χ1n) is 10.5. The fourth-order valence-electron chi connectivity index (χ4n) is 3.97. The largest absolute Gasteiger partial charge is 0.489 e. The smallest absolute Gasteiger partial charge is 0.387 e. The Hall–Kier alpha value is -3.68. The first-order chi connectivity index (χ1) is 15.6. The van der Waals surface area contributed by atoms with E-state index >= 15 is 0 Å². The van der Waals surface area contributed by atoms with E-state index in [4.69, 9.17) is 15.5 Å². The van der Waals surface area contributed by atoms with Crippen molar-refractivity contribution in [2.75, 3.05) is 5.73 Å². The third-order valence-electron chi connectivity index (χ3n) is 5.77. The summed E-state index contributed by atoms with van der Waals surface area (Å²) in [6, 6.07) is 14.1. The Morgan fingerprint density at radius 2 is 1.97 bits per heavy atom. The fraction of sp³-hybridized carbons (Fsp3) is 0.250. The monoisotopic (exact) mass is 436 g/mol. The molecule has 5 rings (SSSR count). The number of anilines is 1. The first-order valence-corrected chi connectivity index (χ1v) is 10.5. The minimum Gasteiger partial charge on any atom is -0.489 e. The highest BCUT2D eigenvalue weighted by Crippen LogP contribution is 2.39. The molecule has 0 radical (unpaired) electrons. The van der Waals surface area contributed by atoms with Gasteiger partial charge in [0.1, 0.15) is 41.0 Å². The average molecular weight is 436 g/mol. The van der Waals surface area contributed by atoms with Crippen LogP contribution in [0.15, 0.2) is 60.9 Å². The third kappa shape index (κ3) is 3.84. The quantitative estimate of drug-likeness (QED) is 0.418. The molecule has 0 aliphatic heterocycles. The van der Waals surface area contributed by atoms with Gasteiger partial charge in [-0.1, -0.05) is 36.8 Å². The van der Waals surface area contributed by atoms with Crippen molar-refractivity contribution in [1.29, 1.82) is 0 Å². The van der Waals surface area contributed by atoms with Gasteiger partial charge in [-0.05, 0) is 31.0 Å².